The van der Waals surface area contributed by atoms with Gasteiger partial charge in [0, 0.05) is 5.69 Å². The molecule has 1 aromatic carbocycles. The molecular formula is C14H18N2O3S. The van der Waals surface area contributed by atoms with Gasteiger partial charge < -0.3 is 9.97 Å². The number of nitrogens with one attached hydrogen (secondary N) is 2. The van der Waals surface area contributed by atoms with Crippen molar-refractivity contribution in [2.75, 3.05) is 0 Å². The molecule has 108 valence electrons. The molecule has 2 aromatic rings. The molecule has 6 heteroatoms. The van der Waals surface area contributed by atoms with Gasteiger partial charge >= 0.3 is 5.69 Å². The second kappa shape index (κ2) is 5.28. The van der Waals surface area contributed by atoms with Crippen LogP contribution >= 0.6 is 0 Å². The van der Waals surface area contributed by atoms with E-state index in [1.54, 1.807) is 31.2 Å². The number of H-pyrrole nitrogens is 2. The van der Waals surface area contributed by atoms with Gasteiger partial charge in [0.05, 0.1) is 10.6 Å². The molecule has 5 nitrogen and oxygen atoms in total. The van der Waals surface area contributed by atoms with Crippen LogP contribution in [-0.4, -0.2) is 18.4 Å². The largest absolute Gasteiger partial charge is 0.323 e. The Morgan fingerprint density at radius 2 is 1.75 bits per heavy atom. The lowest BCUT2D eigenvalue weighted by atomic mass is 10.2. The van der Waals surface area contributed by atoms with E-state index < -0.39 is 15.1 Å². The minimum absolute atomic E-state index is 0.264. The molecule has 0 amide bonds. The molecule has 0 radical (unpaired) electrons. The van der Waals surface area contributed by atoms with Crippen LogP contribution in [-0.2, 0) is 16.3 Å². The summed E-state index contributed by atoms with van der Waals surface area (Å²) in [6.45, 7) is 5.36. The number of benzene rings is 1. The van der Waals surface area contributed by atoms with Crippen LogP contribution in [0.25, 0.3) is 0 Å². The van der Waals surface area contributed by atoms with E-state index in [4.69, 9.17) is 0 Å². The number of sulfone groups is 1. The summed E-state index contributed by atoms with van der Waals surface area (Å²) in [5.74, 6) is 0. The highest BCUT2D eigenvalue weighted by atomic mass is 32.2. The van der Waals surface area contributed by atoms with Gasteiger partial charge in [-0.15, -0.1) is 0 Å². The Kier molecular flexibility index (Phi) is 3.85. The van der Waals surface area contributed by atoms with Crippen molar-refractivity contribution in [1.82, 2.24) is 9.97 Å². The predicted molar refractivity (Wildman–Crippen MR) is 77.6 cm³/mol. The predicted octanol–water partition coefficient (Wildman–Crippen LogP) is 2.11. The summed E-state index contributed by atoms with van der Waals surface area (Å²) in [4.78, 5) is 16.9. The first-order chi connectivity index (χ1) is 9.36. The molecule has 20 heavy (non-hydrogen) atoms. The van der Waals surface area contributed by atoms with Crippen LogP contribution in [0.1, 0.15) is 36.0 Å². The lowest BCUT2D eigenvalue weighted by Crippen LogP contribution is -2.13. The second-order valence-electron chi connectivity index (χ2n) is 4.83. The maximum atomic E-state index is 12.6. The number of imidazole rings is 1. The lowest BCUT2D eigenvalue weighted by Gasteiger charge is -2.13. The van der Waals surface area contributed by atoms with Gasteiger partial charge in [-0.2, -0.15) is 0 Å². The summed E-state index contributed by atoms with van der Waals surface area (Å²) >= 11 is 0. The minimum atomic E-state index is -3.52. The average Bonchev–Trinajstić information content (AvgIpc) is 2.79. The third-order valence-electron chi connectivity index (χ3n) is 3.41. The van der Waals surface area contributed by atoms with Crippen LogP contribution in [0.3, 0.4) is 0 Å². The number of rotatable bonds is 4. The number of aryl methyl sites for hydroxylation is 2. The van der Waals surface area contributed by atoms with E-state index in [0.29, 0.717) is 17.8 Å². The smallest absolute Gasteiger partial charge is 0.310 e. The molecule has 1 heterocycles. The van der Waals surface area contributed by atoms with Crippen molar-refractivity contribution in [1.29, 1.82) is 0 Å². The SMILES string of the molecule is CCc1[nH]c(=O)[nH]c1[C@H](C)S(=O)(=O)c1ccc(C)cc1. The molecule has 0 aliphatic rings. The molecule has 0 saturated carbocycles. The van der Waals surface area contributed by atoms with Crippen LogP contribution < -0.4 is 5.69 Å². The lowest BCUT2D eigenvalue weighted by molar-refractivity contribution is 0.584. The third kappa shape index (κ3) is 2.56. The van der Waals surface area contributed by atoms with E-state index in [0.717, 1.165) is 5.56 Å². The summed E-state index contributed by atoms with van der Waals surface area (Å²) < 4.78 is 25.2. The van der Waals surface area contributed by atoms with Crippen LogP contribution in [0.15, 0.2) is 34.0 Å². The van der Waals surface area contributed by atoms with Crippen molar-refractivity contribution in [3.05, 3.63) is 51.7 Å². The van der Waals surface area contributed by atoms with Gasteiger partial charge in [-0.1, -0.05) is 24.6 Å². The number of aromatic nitrogens is 2. The second-order valence-corrected chi connectivity index (χ2v) is 7.09. The first kappa shape index (κ1) is 14.6. The molecule has 2 rings (SSSR count). The van der Waals surface area contributed by atoms with Crippen molar-refractivity contribution in [3.63, 3.8) is 0 Å². The fourth-order valence-corrected chi connectivity index (χ4v) is 3.58. The maximum absolute atomic E-state index is 12.6. The van der Waals surface area contributed by atoms with Crippen LogP contribution in [0.4, 0.5) is 0 Å². The molecule has 1 atom stereocenters. The van der Waals surface area contributed by atoms with Gasteiger partial charge in [0.25, 0.3) is 0 Å². The molecule has 0 saturated heterocycles. The van der Waals surface area contributed by atoms with Crippen LogP contribution in [0.5, 0.6) is 0 Å². The van der Waals surface area contributed by atoms with Gasteiger partial charge in [0.2, 0.25) is 0 Å². The van der Waals surface area contributed by atoms with Crippen LogP contribution in [0, 0.1) is 6.92 Å². The van der Waals surface area contributed by atoms with E-state index in [2.05, 4.69) is 9.97 Å². The molecule has 0 bridgehead atoms. The first-order valence-corrected chi connectivity index (χ1v) is 8.02. The van der Waals surface area contributed by atoms with Gasteiger partial charge in [0.15, 0.2) is 9.84 Å². The molecule has 0 aliphatic carbocycles. The maximum Gasteiger partial charge on any atom is 0.323 e. The summed E-state index contributed by atoms with van der Waals surface area (Å²) in [5.41, 5.74) is 1.71. The molecular weight excluding hydrogens is 276 g/mol. The minimum Gasteiger partial charge on any atom is -0.310 e. The van der Waals surface area contributed by atoms with E-state index in [-0.39, 0.29) is 10.6 Å². The van der Waals surface area contributed by atoms with Gasteiger partial charge in [0.1, 0.15) is 5.25 Å². The zero-order chi connectivity index (χ0) is 14.9. The normalized spacial score (nSPS) is 13.3. The van der Waals surface area contributed by atoms with E-state index in [1.165, 1.54) is 0 Å². The molecule has 0 aliphatic heterocycles. The zero-order valence-electron chi connectivity index (χ0n) is 11.7. The van der Waals surface area contributed by atoms with Crippen LogP contribution in [0.2, 0.25) is 0 Å². The van der Waals surface area contributed by atoms with Crippen molar-refractivity contribution in [2.45, 2.75) is 37.3 Å². The number of aromatic amines is 2. The summed E-state index contributed by atoms with van der Waals surface area (Å²) in [6, 6.07) is 6.72. The monoisotopic (exact) mass is 294 g/mol. The summed E-state index contributed by atoms with van der Waals surface area (Å²) in [6.07, 6.45) is 0.571. The summed E-state index contributed by atoms with van der Waals surface area (Å²) in [7, 11) is -3.52. The van der Waals surface area contributed by atoms with Gasteiger partial charge in [-0.3, -0.25) is 0 Å². The topological polar surface area (TPSA) is 82.8 Å². The van der Waals surface area contributed by atoms with Crippen molar-refractivity contribution in [3.8, 4) is 0 Å². The van der Waals surface area contributed by atoms with Gasteiger partial charge in [-0.25, -0.2) is 13.2 Å². The van der Waals surface area contributed by atoms with Crippen molar-refractivity contribution in [2.24, 2.45) is 0 Å². The quantitative estimate of drug-likeness (QED) is 0.906. The standard InChI is InChI=1S/C14H18N2O3S/c1-4-12-13(16-14(17)15-12)10(3)20(18,19)11-7-5-9(2)6-8-11/h5-8,10H,4H2,1-3H3,(H2,15,16,17)/t10-/m0/s1. The van der Waals surface area contributed by atoms with Crippen molar-refractivity contribution < 1.29 is 8.42 Å². The Labute approximate surface area is 118 Å². The Morgan fingerprint density at radius 3 is 2.30 bits per heavy atom. The number of hydrogen-bond donors (Lipinski definition) is 2. The third-order valence-corrected chi connectivity index (χ3v) is 5.51. The van der Waals surface area contributed by atoms with Crippen molar-refractivity contribution >= 4 is 9.84 Å². The van der Waals surface area contributed by atoms with E-state index in [1.807, 2.05) is 13.8 Å². The highest BCUT2D eigenvalue weighted by molar-refractivity contribution is 7.91. The zero-order valence-corrected chi connectivity index (χ0v) is 12.5. The Balaban J connectivity index is 2.48. The first-order valence-electron chi connectivity index (χ1n) is 6.48. The fraction of sp³-hybridized carbons (Fsp3) is 0.357. The molecule has 0 fully saturated rings. The molecule has 0 unspecified atom stereocenters. The highest BCUT2D eigenvalue weighted by Gasteiger charge is 2.28. The summed E-state index contributed by atoms with van der Waals surface area (Å²) in [5, 5.41) is -0.792. The highest BCUT2D eigenvalue weighted by Crippen LogP contribution is 2.28. The van der Waals surface area contributed by atoms with E-state index in [9.17, 15) is 13.2 Å². The fourth-order valence-electron chi connectivity index (χ4n) is 2.15. The van der Waals surface area contributed by atoms with E-state index >= 15 is 0 Å². The van der Waals surface area contributed by atoms with Gasteiger partial charge in [-0.05, 0) is 32.4 Å². The Hall–Kier alpha value is -1.82. The number of hydrogen-bond acceptors (Lipinski definition) is 3. The molecule has 2 N–H and O–H groups in total. The molecule has 1 aromatic heterocycles. The average molecular weight is 294 g/mol. The Bertz CT molecular complexity index is 754. The molecule has 0 spiro atoms. The Morgan fingerprint density at radius 1 is 1.15 bits per heavy atom.